The number of hydrogen-bond acceptors (Lipinski definition) is 5. The van der Waals surface area contributed by atoms with E-state index in [-0.39, 0.29) is 29.3 Å². The number of alkyl halides is 3. The Balaban J connectivity index is 1.51. The summed E-state index contributed by atoms with van der Waals surface area (Å²) in [4.78, 5) is 12.5. The minimum Gasteiger partial charge on any atom is -0.486 e. The van der Waals surface area contributed by atoms with Gasteiger partial charge in [-0.1, -0.05) is 12.1 Å². The summed E-state index contributed by atoms with van der Waals surface area (Å²) >= 11 is 0. The number of benzene rings is 2. The number of ether oxygens (including phenoxy) is 3. The van der Waals surface area contributed by atoms with Crippen LogP contribution in [0.5, 0.6) is 17.2 Å². The molecular formula is C19H16F3N3O4. The summed E-state index contributed by atoms with van der Waals surface area (Å²) in [5.74, 6) is 0.865. The molecule has 1 aliphatic heterocycles. The number of amides is 1. The minimum atomic E-state index is -4.48. The summed E-state index contributed by atoms with van der Waals surface area (Å²) in [5, 5.41) is 9.55. The van der Waals surface area contributed by atoms with Crippen molar-refractivity contribution in [2.24, 2.45) is 0 Å². The van der Waals surface area contributed by atoms with Crippen molar-refractivity contribution in [1.29, 1.82) is 0 Å². The van der Waals surface area contributed by atoms with Crippen LogP contribution in [0.4, 0.5) is 19.0 Å². The second kappa shape index (κ2) is 7.53. The Morgan fingerprint density at radius 2 is 1.97 bits per heavy atom. The van der Waals surface area contributed by atoms with Gasteiger partial charge >= 0.3 is 6.18 Å². The van der Waals surface area contributed by atoms with E-state index in [1.807, 2.05) is 0 Å². The number of nitrogens with one attached hydrogen (secondary N) is 2. The lowest BCUT2D eigenvalue weighted by atomic mass is 10.1. The molecule has 0 saturated carbocycles. The molecule has 0 fully saturated rings. The molecule has 2 N–H and O–H groups in total. The van der Waals surface area contributed by atoms with Crippen molar-refractivity contribution in [1.82, 2.24) is 10.2 Å². The van der Waals surface area contributed by atoms with Gasteiger partial charge in [-0.2, -0.15) is 18.3 Å². The van der Waals surface area contributed by atoms with E-state index in [2.05, 4.69) is 15.5 Å². The fourth-order valence-corrected chi connectivity index (χ4v) is 2.97. The first-order chi connectivity index (χ1) is 13.9. The van der Waals surface area contributed by atoms with Gasteiger partial charge in [-0.05, 0) is 29.8 Å². The molecule has 0 spiro atoms. The van der Waals surface area contributed by atoms with Crippen LogP contribution >= 0.6 is 0 Å². The van der Waals surface area contributed by atoms with Gasteiger partial charge in [-0.15, -0.1) is 0 Å². The maximum Gasteiger partial charge on any atom is 0.422 e. The number of carbonyl (C=O) groups is 1. The van der Waals surface area contributed by atoms with Crippen molar-refractivity contribution in [2.45, 2.75) is 12.6 Å². The molecular weight excluding hydrogens is 391 g/mol. The van der Waals surface area contributed by atoms with Gasteiger partial charge in [-0.3, -0.25) is 9.89 Å². The van der Waals surface area contributed by atoms with Gasteiger partial charge in [0.25, 0.3) is 0 Å². The number of halogens is 3. The van der Waals surface area contributed by atoms with Gasteiger partial charge in [-0.25, -0.2) is 0 Å². The van der Waals surface area contributed by atoms with Crippen molar-refractivity contribution in [3.8, 4) is 17.2 Å². The van der Waals surface area contributed by atoms with E-state index in [1.165, 1.54) is 12.1 Å². The van der Waals surface area contributed by atoms with Gasteiger partial charge in [0.1, 0.15) is 19.0 Å². The van der Waals surface area contributed by atoms with Crippen LogP contribution in [0.2, 0.25) is 0 Å². The zero-order valence-electron chi connectivity index (χ0n) is 15.0. The van der Waals surface area contributed by atoms with Gasteiger partial charge in [0.05, 0.1) is 17.3 Å². The largest absolute Gasteiger partial charge is 0.486 e. The fourth-order valence-electron chi connectivity index (χ4n) is 2.97. The smallest absolute Gasteiger partial charge is 0.422 e. The van der Waals surface area contributed by atoms with Gasteiger partial charge in [0, 0.05) is 0 Å². The third-order valence-electron chi connectivity index (χ3n) is 4.17. The Bertz CT molecular complexity index is 1050. The molecule has 4 rings (SSSR count). The van der Waals surface area contributed by atoms with E-state index in [0.29, 0.717) is 35.8 Å². The molecule has 0 atom stereocenters. The third kappa shape index (κ3) is 4.36. The van der Waals surface area contributed by atoms with Crippen LogP contribution in [0.15, 0.2) is 36.4 Å². The SMILES string of the molecule is O=C(Cc1ccc2c(c1)OCCO2)Nc1n[nH]c2cccc(OCC(F)(F)F)c12. The molecule has 0 bridgehead atoms. The molecule has 1 aliphatic rings. The lowest BCUT2D eigenvalue weighted by Gasteiger charge is -2.18. The summed E-state index contributed by atoms with van der Waals surface area (Å²) in [6.07, 6.45) is -4.45. The quantitative estimate of drug-likeness (QED) is 0.677. The highest BCUT2D eigenvalue weighted by Crippen LogP contribution is 2.33. The first-order valence-corrected chi connectivity index (χ1v) is 8.74. The second-order valence-corrected chi connectivity index (χ2v) is 6.36. The highest BCUT2D eigenvalue weighted by Gasteiger charge is 2.29. The molecule has 1 amide bonds. The number of rotatable bonds is 5. The third-order valence-corrected chi connectivity index (χ3v) is 4.17. The number of anilines is 1. The Morgan fingerprint density at radius 1 is 1.17 bits per heavy atom. The molecule has 2 heterocycles. The Morgan fingerprint density at radius 3 is 2.76 bits per heavy atom. The number of fused-ring (bicyclic) bond motifs is 2. The zero-order chi connectivity index (χ0) is 20.4. The normalized spacial score (nSPS) is 13.3. The fraction of sp³-hybridized carbons (Fsp3) is 0.263. The summed E-state index contributed by atoms with van der Waals surface area (Å²) in [7, 11) is 0. The Hall–Kier alpha value is -3.43. The number of aromatic amines is 1. The molecule has 0 saturated heterocycles. The number of nitrogens with zero attached hydrogens (tertiary/aromatic N) is 1. The Kier molecular flexibility index (Phi) is 4.91. The van der Waals surface area contributed by atoms with E-state index >= 15 is 0 Å². The molecule has 152 valence electrons. The van der Waals surface area contributed by atoms with E-state index in [1.54, 1.807) is 24.3 Å². The summed E-state index contributed by atoms with van der Waals surface area (Å²) < 4.78 is 53.3. The molecule has 0 unspecified atom stereocenters. The first-order valence-electron chi connectivity index (χ1n) is 8.74. The molecule has 7 nitrogen and oxygen atoms in total. The molecule has 0 aliphatic carbocycles. The van der Waals surface area contributed by atoms with Gasteiger partial charge in [0.15, 0.2) is 23.9 Å². The Labute approximate surface area is 162 Å². The van der Waals surface area contributed by atoms with Crippen LogP contribution in [-0.4, -0.2) is 42.1 Å². The number of hydrogen-bond donors (Lipinski definition) is 2. The van der Waals surface area contributed by atoms with Crippen molar-refractivity contribution >= 4 is 22.6 Å². The molecule has 10 heteroatoms. The predicted octanol–water partition coefficient (Wildman–Crippen LogP) is 3.46. The first kappa shape index (κ1) is 18.9. The van der Waals surface area contributed by atoms with Crippen molar-refractivity contribution in [3.05, 3.63) is 42.0 Å². The number of carbonyl (C=O) groups excluding carboxylic acids is 1. The van der Waals surface area contributed by atoms with Crippen LogP contribution in [0.1, 0.15) is 5.56 Å². The summed E-state index contributed by atoms with van der Waals surface area (Å²) in [6, 6.07) is 9.73. The lowest BCUT2D eigenvalue weighted by molar-refractivity contribution is -0.153. The van der Waals surface area contributed by atoms with E-state index in [9.17, 15) is 18.0 Å². The highest BCUT2D eigenvalue weighted by molar-refractivity contribution is 6.03. The van der Waals surface area contributed by atoms with Crippen LogP contribution in [0.3, 0.4) is 0 Å². The summed E-state index contributed by atoms with van der Waals surface area (Å²) in [5.41, 5.74) is 1.14. The minimum absolute atomic E-state index is 0.0244. The van der Waals surface area contributed by atoms with Gasteiger partial charge < -0.3 is 19.5 Å². The van der Waals surface area contributed by atoms with Crippen molar-refractivity contribution in [3.63, 3.8) is 0 Å². The van der Waals surface area contributed by atoms with Gasteiger partial charge in [0.2, 0.25) is 5.91 Å². The standard InChI is InChI=1S/C19H16F3N3O4/c20-19(21,22)10-29-14-3-1-2-12-17(14)18(25-24-12)23-16(26)9-11-4-5-13-15(8-11)28-7-6-27-13/h1-5,8H,6-7,9-10H2,(H2,23,24,25,26). The number of H-pyrrole nitrogens is 1. The second-order valence-electron chi connectivity index (χ2n) is 6.36. The molecule has 29 heavy (non-hydrogen) atoms. The average Bonchev–Trinajstić information content (AvgIpc) is 3.09. The van der Waals surface area contributed by atoms with Crippen molar-refractivity contribution in [2.75, 3.05) is 25.1 Å². The summed E-state index contributed by atoms with van der Waals surface area (Å²) in [6.45, 7) is -0.539. The average molecular weight is 407 g/mol. The molecule has 2 aromatic carbocycles. The van der Waals surface area contributed by atoms with Crippen molar-refractivity contribution < 1.29 is 32.2 Å². The monoisotopic (exact) mass is 407 g/mol. The maximum atomic E-state index is 12.5. The zero-order valence-corrected chi connectivity index (χ0v) is 15.0. The molecule has 3 aromatic rings. The maximum absolute atomic E-state index is 12.5. The number of aromatic nitrogens is 2. The van der Waals surface area contributed by atoms with Crippen LogP contribution < -0.4 is 19.5 Å². The van der Waals surface area contributed by atoms with Crippen LogP contribution in [0.25, 0.3) is 10.9 Å². The highest BCUT2D eigenvalue weighted by atomic mass is 19.4. The van der Waals surface area contributed by atoms with E-state index in [0.717, 1.165) is 0 Å². The van der Waals surface area contributed by atoms with E-state index < -0.39 is 12.8 Å². The topological polar surface area (TPSA) is 85.5 Å². The molecule has 1 aromatic heterocycles. The van der Waals surface area contributed by atoms with Crippen LogP contribution in [-0.2, 0) is 11.2 Å². The van der Waals surface area contributed by atoms with Crippen LogP contribution in [0, 0.1) is 0 Å². The van der Waals surface area contributed by atoms with E-state index in [4.69, 9.17) is 14.2 Å². The lowest BCUT2D eigenvalue weighted by Crippen LogP contribution is -2.19. The molecule has 0 radical (unpaired) electrons. The predicted molar refractivity (Wildman–Crippen MR) is 97.4 cm³/mol.